The monoisotopic (exact) mass is 216 g/mol. The lowest BCUT2D eigenvalue weighted by molar-refractivity contribution is 0.938. The Morgan fingerprint density at radius 1 is 1.46 bits per heavy atom. The summed E-state index contributed by atoms with van der Waals surface area (Å²) in [5.41, 5.74) is 0. The van der Waals surface area contributed by atoms with E-state index in [0.717, 1.165) is 25.3 Å². The number of alkyl halides is 1. The number of anilines is 1. The third kappa shape index (κ3) is 2.06. The summed E-state index contributed by atoms with van der Waals surface area (Å²) in [4.78, 5) is 6.40. The quantitative estimate of drug-likeness (QED) is 0.672. The van der Waals surface area contributed by atoms with Crippen molar-refractivity contribution in [2.45, 2.75) is 11.8 Å². The van der Waals surface area contributed by atoms with Gasteiger partial charge in [-0.2, -0.15) is 0 Å². The van der Waals surface area contributed by atoms with Crippen LogP contribution >= 0.6 is 23.2 Å². The molecule has 0 N–H and O–H groups in total. The summed E-state index contributed by atoms with van der Waals surface area (Å²) in [5.74, 6) is 0.965. The number of halogens is 2. The highest BCUT2D eigenvalue weighted by atomic mass is 35.5. The molecule has 1 fully saturated rings. The van der Waals surface area contributed by atoms with E-state index in [9.17, 15) is 0 Å². The van der Waals surface area contributed by atoms with Gasteiger partial charge < -0.3 is 4.90 Å². The first-order chi connectivity index (χ1) is 6.25. The van der Waals surface area contributed by atoms with Gasteiger partial charge in [0, 0.05) is 19.3 Å². The Morgan fingerprint density at radius 3 is 2.85 bits per heavy atom. The average molecular weight is 217 g/mol. The molecule has 1 aliphatic rings. The molecule has 0 saturated carbocycles. The van der Waals surface area contributed by atoms with Crippen molar-refractivity contribution in [3.05, 3.63) is 23.4 Å². The SMILES string of the molecule is Clc1ccc(N2CCC(Cl)C2)nc1. The molecule has 4 heteroatoms. The molecule has 2 rings (SSSR count). The lowest BCUT2D eigenvalue weighted by Gasteiger charge is -2.15. The summed E-state index contributed by atoms with van der Waals surface area (Å²) in [6, 6.07) is 3.78. The fourth-order valence-electron chi connectivity index (χ4n) is 1.48. The van der Waals surface area contributed by atoms with Crippen molar-refractivity contribution in [2.24, 2.45) is 0 Å². The second-order valence-electron chi connectivity index (χ2n) is 3.17. The second-order valence-corrected chi connectivity index (χ2v) is 4.22. The van der Waals surface area contributed by atoms with Crippen LogP contribution in [-0.2, 0) is 0 Å². The first kappa shape index (κ1) is 9.10. The van der Waals surface area contributed by atoms with E-state index in [1.54, 1.807) is 6.20 Å². The Balaban J connectivity index is 2.13. The maximum Gasteiger partial charge on any atom is 0.128 e. The third-order valence-electron chi connectivity index (χ3n) is 2.17. The minimum absolute atomic E-state index is 0.262. The highest BCUT2D eigenvalue weighted by molar-refractivity contribution is 6.30. The van der Waals surface area contributed by atoms with E-state index in [-0.39, 0.29) is 5.38 Å². The summed E-state index contributed by atoms with van der Waals surface area (Å²) >= 11 is 11.7. The molecule has 0 bridgehead atoms. The Labute approximate surface area is 87.5 Å². The minimum Gasteiger partial charge on any atom is -0.355 e. The zero-order valence-corrected chi connectivity index (χ0v) is 8.59. The number of aromatic nitrogens is 1. The predicted octanol–water partition coefficient (Wildman–Crippen LogP) is 2.55. The molecular formula is C9H10Cl2N2. The minimum atomic E-state index is 0.262. The van der Waals surface area contributed by atoms with E-state index in [2.05, 4.69) is 9.88 Å². The van der Waals surface area contributed by atoms with Crippen LogP contribution in [0.3, 0.4) is 0 Å². The van der Waals surface area contributed by atoms with Gasteiger partial charge >= 0.3 is 0 Å². The van der Waals surface area contributed by atoms with Gasteiger partial charge in [0.2, 0.25) is 0 Å². The molecule has 2 nitrogen and oxygen atoms in total. The number of hydrogen-bond acceptors (Lipinski definition) is 2. The Hall–Kier alpha value is -0.470. The molecule has 0 radical (unpaired) electrons. The zero-order chi connectivity index (χ0) is 9.26. The van der Waals surface area contributed by atoms with Crippen LogP contribution in [0.5, 0.6) is 0 Å². The average Bonchev–Trinajstić information content (AvgIpc) is 2.53. The summed E-state index contributed by atoms with van der Waals surface area (Å²) in [6.45, 7) is 1.87. The van der Waals surface area contributed by atoms with Crippen molar-refractivity contribution in [3.8, 4) is 0 Å². The molecule has 2 heterocycles. The van der Waals surface area contributed by atoms with Crippen molar-refractivity contribution in [1.29, 1.82) is 0 Å². The van der Waals surface area contributed by atoms with Crippen LogP contribution in [0.4, 0.5) is 5.82 Å². The molecule has 1 saturated heterocycles. The van der Waals surface area contributed by atoms with Crippen LogP contribution in [0, 0.1) is 0 Å². The number of pyridine rings is 1. The molecule has 1 aromatic rings. The van der Waals surface area contributed by atoms with Gasteiger partial charge in [-0.1, -0.05) is 11.6 Å². The first-order valence-electron chi connectivity index (χ1n) is 4.26. The van der Waals surface area contributed by atoms with Gasteiger partial charge in [0.15, 0.2) is 0 Å². The Bertz CT molecular complexity index is 286. The van der Waals surface area contributed by atoms with Gasteiger partial charge in [0.1, 0.15) is 5.82 Å². The smallest absolute Gasteiger partial charge is 0.128 e. The molecule has 0 amide bonds. The van der Waals surface area contributed by atoms with Crippen molar-refractivity contribution < 1.29 is 0 Å². The lowest BCUT2D eigenvalue weighted by atomic mass is 10.4. The van der Waals surface area contributed by atoms with Gasteiger partial charge in [-0.15, -0.1) is 11.6 Å². The summed E-state index contributed by atoms with van der Waals surface area (Å²) in [6.07, 6.45) is 2.70. The summed E-state index contributed by atoms with van der Waals surface area (Å²) in [7, 11) is 0. The standard InChI is InChI=1S/C9H10Cl2N2/c10-7-1-2-9(12-5-7)13-4-3-8(11)6-13/h1-2,5,8H,3-4,6H2. The molecule has 1 unspecified atom stereocenters. The molecule has 0 aromatic carbocycles. The molecule has 0 spiro atoms. The molecule has 1 aliphatic heterocycles. The van der Waals surface area contributed by atoms with Crippen LogP contribution in [-0.4, -0.2) is 23.5 Å². The fraction of sp³-hybridized carbons (Fsp3) is 0.444. The van der Waals surface area contributed by atoms with Crippen LogP contribution in [0.2, 0.25) is 5.02 Å². The molecular weight excluding hydrogens is 207 g/mol. The number of nitrogens with zero attached hydrogens (tertiary/aromatic N) is 2. The van der Waals surface area contributed by atoms with Gasteiger partial charge in [0.25, 0.3) is 0 Å². The second kappa shape index (κ2) is 3.72. The highest BCUT2D eigenvalue weighted by Crippen LogP contribution is 2.21. The van der Waals surface area contributed by atoms with Gasteiger partial charge in [-0.05, 0) is 18.6 Å². The van der Waals surface area contributed by atoms with Crippen LogP contribution in [0.25, 0.3) is 0 Å². The topological polar surface area (TPSA) is 16.1 Å². The summed E-state index contributed by atoms with van der Waals surface area (Å²) in [5, 5.41) is 0.933. The van der Waals surface area contributed by atoms with E-state index in [1.165, 1.54) is 0 Å². The normalized spacial score (nSPS) is 22.3. The van der Waals surface area contributed by atoms with E-state index in [0.29, 0.717) is 5.02 Å². The molecule has 13 heavy (non-hydrogen) atoms. The molecule has 70 valence electrons. The molecule has 1 atom stereocenters. The maximum atomic E-state index is 5.99. The van der Waals surface area contributed by atoms with Crippen molar-refractivity contribution in [3.63, 3.8) is 0 Å². The summed E-state index contributed by atoms with van der Waals surface area (Å²) < 4.78 is 0. The molecule has 0 aliphatic carbocycles. The van der Waals surface area contributed by atoms with Crippen LogP contribution in [0.15, 0.2) is 18.3 Å². The predicted molar refractivity (Wildman–Crippen MR) is 55.7 cm³/mol. The lowest BCUT2D eigenvalue weighted by Crippen LogP contribution is -2.20. The Morgan fingerprint density at radius 2 is 2.31 bits per heavy atom. The largest absolute Gasteiger partial charge is 0.355 e. The Kier molecular flexibility index (Phi) is 2.61. The van der Waals surface area contributed by atoms with E-state index in [4.69, 9.17) is 23.2 Å². The fourth-order valence-corrected chi connectivity index (χ4v) is 1.86. The van der Waals surface area contributed by atoms with Crippen LogP contribution in [0.1, 0.15) is 6.42 Å². The van der Waals surface area contributed by atoms with Gasteiger partial charge in [-0.3, -0.25) is 0 Å². The third-order valence-corrected chi connectivity index (χ3v) is 2.75. The number of rotatable bonds is 1. The van der Waals surface area contributed by atoms with E-state index < -0.39 is 0 Å². The maximum absolute atomic E-state index is 5.99. The van der Waals surface area contributed by atoms with Crippen molar-refractivity contribution in [1.82, 2.24) is 4.98 Å². The highest BCUT2D eigenvalue weighted by Gasteiger charge is 2.20. The zero-order valence-electron chi connectivity index (χ0n) is 7.08. The van der Waals surface area contributed by atoms with Crippen LogP contribution < -0.4 is 4.90 Å². The van der Waals surface area contributed by atoms with E-state index in [1.807, 2.05) is 12.1 Å². The molecule has 1 aromatic heterocycles. The van der Waals surface area contributed by atoms with Gasteiger partial charge in [0.05, 0.1) is 10.4 Å². The van der Waals surface area contributed by atoms with E-state index >= 15 is 0 Å². The van der Waals surface area contributed by atoms with Crippen molar-refractivity contribution >= 4 is 29.0 Å². The number of hydrogen-bond donors (Lipinski definition) is 0. The van der Waals surface area contributed by atoms with Crippen molar-refractivity contribution in [2.75, 3.05) is 18.0 Å². The van der Waals surface area contributed by atoms with Gasteiger partial charge in [-0.25, -0.2) is 4.98 Å². The first-order valence-corrected chi connectivity index (χ1v) is 5.08.